The number of nitro benzene ring substituents is 1. The quantitative estimate of drug-likeness (QED) is 0.646. The van der Waals surface area contributed by atoms with Crippen LogP contribution in [0.2, 0.25) is 0 Å². The summed E-state index contributed by atoms with van der Waals surface area (Å²) in [6, 6.07) is 4.57. The van der Waals surface area contributed by atoms with E-state index in [4.69, 9.17) is 4.74 Å². The van der Waals surface area contributed by atoms with E-state index in [1.54, 1.807) is 12.1 Å². The maximum atomic E-state index is 12.3. The SMILES string of the molecule is Cc1nc(CNC(=O)c2ccc(N3CCOCC3)c([N+](=O)[O-])c2)cs1. The number of ether oxygens (including phenoxy) is 1. The molecule has 9 heteroatoms. The zero-order valence-electron chi connectivity index (χ0n) is 13.7. The first-order valence-corrected chi connectivity index (χ1v) is 8.73. The van der Waals surface area contributed by atoms with Gasteiger partial charge in [-0.3, -0.25) is 14.9 Å². The highest BCUT2D eigenvalue weighted by Gasteiger charge is 2.23. The number of aromatic nitrogens is 1. The van der Waals surface area contributed by atoms with E-state index in [2.05, 4.69) is 10.3 Å². The summed E-state index contributed by atoms with van der Waals surface area (Å²) in [6.45, 7) is 4.44. The number of aryl methyl sites for hydroxylation is 1. The van der Waals surface area contributed by atoms with Gasteiger partial charge in [-0.15, -0.1) is 11.3 Å². The highest BCUT2D eigenvalue weighted by molar-refractivity contribution is 7.09. The van der Waals surface area contributed by atoms with Gasteiger partial charge in [0, 0.05) is 30.1 Å². The third kappa shape index (κ3) is 4.12. The number of anilines is 1. The summed E-state index contributed by atoms with van der Waals surface area (Å²) in [7, 11) is 0. The Morgan fingerprint density at radius 2 is 2.20 bits per heavy atom. The van der Waals surface area contributed by atoms with Crippen molar-refractivity contribution in [2.45, 2.75) is 13.5 Å². The number of nitrogens with zero attached hydrogens (tertiary/aromatic N) is 3. The Balaban J connectivity index is 1.76. The van der Waals surface area contributed by atoms with Gasteiger partial charge in [0.25, 0.3) is 11.6 Å². The van der Waals surface area contributed by atoms with Crippen molar-refractivity contribution >= 4 is 28.6 Å². The number of rotatable bonds is 5. The Hall–Kier alpha value is -2.52. The number of amides is 1. The minimum atomic E-state index is -0.453. The van der Waals surface area contributed by atoms with Gasteiger partial charge in [-0.25, -0.2) is 4.98 Å². The standard InChI is InChI=1S/C16H18N4O4S/c1-11-18-13(10-25-11)9-17-16(21)12-2-3-14(15(8-12)20(22)23)19-4-6-24-7-5-19/h2-3,8,10H,4-7,9H2,1H3,(H,17,21). The first kappa shape index (κ1) is 17.3. The average molecular weight is 362 g/mol. The van der Waals surface area contributed by atoms with Crippen LogP contribution in [0.15, 0.2) is 23.6 Å². The fourth-order valence-corrected chi connectivity index (χ4v) is 3.26. The molecule has 8 nitrogen and oxygen atoms in total. The van der Waals surface area contributed by atoms with Crippen molar-refractivity contribution in [3.05, 3.63) is 50.0 Å². The first-order valence-electron chi connectivity index (χ1n) is 7.85. The molecule has 2 heterocycles. The Morgan fingerprint density at radius 3 is 2.84 bits per heavy atom. The lowest BCUT2D eigenvalue weighted by molar-refractivity contribution is -0.384. The van der Waals surface area contributed by atoms with Gasteiger partial charge in [-0.2, -0.15) is 0 Å². The summed E-state index contributed by atoms with van der Waals surface area (Å²) < 4.78 is 5.28. The maximum absolute atomic E-state index is 12.3. The molecule has 1 aromatic heterocycles. The third-order valence-electron chi connectivity index (χ3n) is 3.88. The van der Waals surface area contributed by atoms with Crippen molar-refractivity contribution in [2.75, 3.05) is 31.2 Å². The second-order valence-electron chi connectivity index (χ2n) is 5.60. The molecule has 2 aromatic rings. The zero-order chi connectivity index (χ0) is 17.8. The number of morpholine rings is 1. The largest absolute Gasteiger partial charge is 0.378 e. The molecule has 1 aliphatic rings. The molecule has 1 fully saturated rings. The number of benzene rings is 1. The minimum absolute atomic E-state index is 0.0703. The van der Waals surface area contributed by atoms with E-state index in [-0.39, 0.29) is 17.2 Å². The molecule has 132 valence electrons. The van der Waals surface area contributed by atoms with Crippen LogP contribution in [0, 0.1) is 17.0 Å². The Morgan fingerprint density at radius 1 is 1.44 bits per heavy atom. The highest BCUT2D eigenvalue weighted by Crippen LogP contribution is 2.29. The molecule has 1 aliphatic heterocycles. The Kier molecular flexibility index (Phi) is 5.25. The maximum Gasteiger partial charge on any atom is 0.293 e. The number of hydrogen-bond donors (Lipinski definition) is 1. The van der Waals surface area contributed by atoms with Crippen molar-refractivity contribution in [3.8, 4) is 0 Å². The molecule has 0 aliphatic carbocycles. The third-order valence-corrected chi connectivity index (χ3v) is 4.71. The molecule has 0 bridgehead atoms. The van der Waals surface area contributed by atoms with Gasteiger partial charge in [0.15, 0.2) is 0 Å². The lowest BCUT2D eigenvalue weighted by Gasteiger charge is -2.28. The van der Waals surface area contributed by atoms with Crippen molar-refractivity contribution in [1.82, 2.24) is 10.3 Å². The number of carbonyl (C=O) groups excluding carboxylic acids is 1. The van der Waals surface area contributed by atoms with Crippen LogP contribution >= 0.6 is 11.3 Å². The van der Waals surface area contributed by atoms with Crippen LogP contribution in [0.25, 0.3) is 0 Å². The Bertz CT molecular complexity index is 786. The molecule has 1 N–H and O–H groups in total. The molecule has 1 aromatic carbocycles. The topological polar surface area (TPSA) is 97.6 Å². The van der Waals surface area contributed by atoms with Crippen molar-refractivity contribution in [1.29, 1.82) is 0 Å². The van der Waals surface area contributed by atoms with Crippen LogP contribution in [0.1, 0.15) is 21.1 Å². The molecule has 1 saturated heterocycles. The molecular weight excluding hydrogens is 344 g/mol. The van der Waals surface area contributed by atoms with Crippen LogP contribution in [0.3, 0.4) is 0 Å². The van der Waals surface area contributed by atoms with Crippen LogP contribution in [-0.2, 0) is 11.3 Å². The number of thiazole rings is 1. The molecule has 0 spiro atoms. The minimum Gasteiger partial charge on any atom is -0.378 e. The van der Waals surface area contributed by atoms with Gasteiger partial charge in [-0.1, -0.05) is 0 Å². The number of hydrogen-bond acceptors (Lipinski definition) is 7. The molecule has 3 rings (SSSR count). The summed E-state index contributed by atoms with van der Waals surface area (Å²) in [4.78, 5) is 29.4. The van der Waals surface area contributed by atoms with Gasteiger partial charge >= 0.3 is 0 Å². The smallest absolute Gasteiger partial charge is 0.293 e. The molecule has 0 unspecified atom stereocenters. The zero-order valence-corrected chi connectivity index (χ0v) is 14.5. The molecular formula is C16H18N4O4S. The molecule has 25 heavy (non-hydrogen) atoms. The molecule has 0 atom stereocenters. The van der Waals surface area contributed by atoms with Crippen LogP contribution < -0.4 is 10.2 Å². The average Bonchev–Trinajstić information content (AvgIpc) is 3.05. The van der Waals surface area contributed by atoms with E-state index in [0.29, 0.717) is 38.5 Å². The van der Waals surface area contributed by atoms with E-state index >= 15 is 0 Å². The van der Waals surface area contributed by atoms with Crippen LogP contribution in [0.5, 0.6) is 0 Å². The predicted molar refractivity (Wildman–Crippen MR) is 94.1 cm³/mol. The van der Waals surface area contributed by atoms with E-state index in [1.807, 2.05) is 17.2 Å². The van der Waals surface area contributed by atoms with Crippen molar-refractivity contribution in [2.24, 2.45) is 0 Å². The van der Waals surface area contributed by atoms with Gasteiger partial charge in [-0.05, 0) is 19.1 Å². The fraction of sp³-hybridized carbons (Fsp3) is 0.375. The summed E-state index contributed by atoms with van der Waals surface area (Å²) >= 11 is 1.51. The molecule has 0 radical (unpaired) electrons. The van der Waals surface area contributed by atoms with E-state index in [9.17, 15) is 14.9 Å². The second-order valence-corrected chi connectivity index (χ2v) is 6.66. The van der Waals surface area contributed by atoms with Crippen LogP contribution in [-0.4, -0.2) is 42.1 Å². The normalized spacial score (nSPS) is 14.4. The first-order chi connectivity index (χ1) is 12.0. The monoisotopic (exact) mass is 362 g/mol. The van der Waals surface area contributed by atoms with E-state index in [0.717, 1.165) is 10.7 Å². The van der Waals surface area contributed by atoms with Crippen LogP contribution in [0.4, 0.5) is 11.4 Å². The summed E-state index contributed by atoms with van der Waals surface area (Å²) in [6.07, 6.45) is 0. The summed E-state index contributed by atoms with van der Waals surface area (Å²) in [5.74, 6) is -0.359. The van der Waals surface area contributed by atoms with E-state index < -0.39 is 4.92 Å². The van der Waals surface area contributed by atoms with Gasteiger partial charge in [0.1, 0.15) is 5.69 Å². The Labute approximate surface area is 148 Å². The predicted octanol–water partition coefficient (Wildman–Crippen LogP) is 2.13. The van der Waals surface area contributed by atoms with Gasteiger partial charge in [0.05, 0.1) is 35.4 Å². The molecule has 1 amide bonds. The van der Waals surface area contributed by atoms with Gasteiger partial charge < -0.3 is 15.0 Å². The lowest BCUT2D eigenvalue weighted by Crippen LogP contribution is -2.36. The highest BCUT2D eigenvalue weighted by atomic mass is 32.1. The van der Waals surface area contributed by atoms with E-state index in [1.165, 1.54) is 17.4 Å². The van der Waals surface area contributed by atoms with Crippen molar-refractivity contribution in [3.63, 3.8) is 0 Å². The fourth-order valence-electron chi connectivity index (χ4n) is 2.64. The second kappa shape index (κ2) is 7.58. The number of nitro groups is 1. The summed E-state index contributed by atoms with van der Waals surface area (Å²) in [5, 5.41) is 17.0. The number of carbonyl (C=O) groups is 1. The van der Waals surface area contributed by atoms with Crippen molar-refractivity contribution < 1.29 is 14.5 Å². The lowest BCUT2D eigenvalue weighted by atomic mass is 10.1. The molecule has 0 saturated carbocycles. The number of nitrogens with one attached hydrogen (secondary N) is 1. The van der Waals surface area contributed by atoms with Gasteiger partial charge in [0.2, 0.25) is 0 Å². The summed E-state index contributed by atoms with van der Waals surface area (Å²) in [5.41, 5.74) is 1.48.